The Morgan fingerprint density at radius 2 is 1.87 bits per heavy atom. The number of fused-ring (bicyclic) bond motifs is 1. The standard InChI is InChI=1S/C20H13ClN4O3S2/c21-13-5-2-1-4-12(13)17(26)24-19(29)22-11-7-8-14-16(10-11)30-20(23-14)25-18(27)15-6-3-9-28-15/h1-10H,(H,23,25,27)(H2,22,24,26,29). The first-order chi connectivity index (χ1) is 14.5. The van der Waals surface area contributed by atoms with E-state index in [2.05, 4.69) is 20.9 Å². The maximum Gasteiger partial charge on any atom is 0.293 e. The average Bonchev–Trinajstić information content (AvgIpc) is 3.37. The normalized spacial score (nSPS) is 10.6. The molecule has 30 heavy (non-hydrogen) atoms. The van der Waals surface area contributed by atoms with Crippen molar-refractivity contribution in [3.8, 4) is 0 Å². The Morgan fingerprint density at radius 1 is 1.03 bits per heavy atom. The number of benzene rings is 2. The van der Waals surface area contributed by atoms with E-state index in [4.69, 9.17) is 28.2 Å². The van der Waals surface area contributed by atoms with Crippen LogP contribution in [0.4, 0.5) is 10.8 Å². The van der Waals surface area contributed by atoms with Gasteiger partial charge in [0.05, 0.1) is 27.1 Å². The number of carbonyl (C=O) groups is 2. The second kappa shape index (κ2) is 8.62. The van der Waals surface area contributed by atoms with E-state index in [1.165, 1.54) is 17.6 Å². The fourth-order valence-corrected chi connectivity index (χ4v) is 3.93. The molecule has 0 spiro atoms. The Labute approximate surface area is 185 Å². The zero-order valence-electron chi connectivity index (χ0n) is 15.1. The summed E-state index contributed by atoms with van der Waals surface area (Å²) in [4.78, 5) is 28.8. The zero-order chi connectivity index (χ0) is 21.1. The van der Waals surface area contributed by atoms with Crippen molar-refractivity contribution in [2.24, 2.45) is 0 Å². The van der Waals surface area contributed by atoms with Crippen LogP contribution in [0, 0.1) is 0 Å². The highest BCUT2D eigenvalue weighted by Gasteiger charge is 2.14. The minimum Gasteiger partial charge on any atom is -0.459 e. The van der Waals surface area contributed by atoms with Gasteiger partial charge < -0.3 is 9.73 Å². The van der Waals surface area contributed by atoms with Gasteiger partial charge in [0, 0.05) is 5.69 Å². The van der Waals surface area contributed by atoms with Gasteiger partial charge >= 0.3 is 0 Å². The van der Waals surface area contributed by atoms with Crippen molar-refractivity contribution in [1.82, 2.24) is 10.3 Å². The van der Waals surface area contributed by atoms with E-state index in [0.29, 0.717) is 26.9 Å². The lowest BCUT2D eigenvalue weighted by Crippen LogP contribution is -2.34. The lowest BCUT2D eigenvalue weighted by Gasteiger charge is -2.10. The van der Waals surface area contributed by atoms with E-state index < -0.39 is 5.91 Å². The molecule has 0 atom stereocenters. The summed E-state index contributed by atoms with van der Waals surface area (Å²) in [5.41, 5.74) is 1.71. The predicted molar refractivity (Wildman–Crippen MR) is 121 cm³/mol. The summed E-state index contributed by atoms with van der Waals surface area (Å²) in [6.45, 7) is 0. The topological polar surface area (TPSA) is 96.3 Å². The highest BCUT2D eigenvalue weighted by atomic mass is 35.5. The molecule has 7 nitrogen and oxygen atoms in total. The molecule has 10 heteroatoms. The third-order valence-corrected chi connectivity index (χ3v) is 5.42. The van der Waals surface area contributed by atoms with Gasteiger partial charge in [-0.25, -0.2) is 4.98 Å². The molecule has 2 aromatic carbocycles. The highest BCUT2D eigenvalue weighted by Crippen LogP contribution is 2.28. The number of aromatic nitrogens is 1. The van der Waals surface area contributed by atoms with Crippen LogP contribution in [-0.4, -0.2) is 21.9 Å². The number of thiocarbonyl (C=S) groups is 1. The number of halogens is 1. The molecule has 0 aliphatic rings. The Bertz CT molecular complexity index is 1250. The van der Waals surface area contributed by atoms with Gasteiger partial charge in [0.25, 0.3) is 11.8 Å². The highest BCUT2D eigenvalue weighted by molar-refractivity contribution is 7.80. The van der Waals surface area contributed by atoms with E-state index in [0.717, 1.165) is 4.70 Å². The van der Waals surface area contributed by atoms with Gasteiger partial charge in [-0.1, -0.05) is 35.1 Å². The quantitative estimate of drug-likeness (QED) is 0.377. The maximum absolute atomic E-state index is 12.3. The number of hydrogen-bond donors (Lipinski definition) is 3. The lowest BCUT2D eigenvalue weighted by molar-refractivity contribution is 0.0975. The third kappa shape index (κ3) is 4.48. The van der Waals surface area contributed by atoms with Crippen LogP contribution in [0.25, 0.3) is 10.2 Å². The van der Waals surface area contributed by atoms with Gasteiger partial charge in [0.1, 0.15) is 0 Å². The molecule has 4 rings (SSSR count). The number of furan rings is 1. The monoisotopic (exact) mass is 456 g/mol. The zero-order valence-corrected chi connectivity index (χ0v) is 17.5. The Kier molecular flexibility index (Phi) is 5.75. The van der Waals surface area contributed by atoms with Crippen molar-refractivity contribution in [2.45, 2.75) is 0 Å². The molecule has 2 heterocycles. The first kappa shape index (κ1) is 20.0. The van der Waals surface area contributed by atoms with Gasteiger partial charge in [-0.15, -0.1) is 0 Å². The molecule has 0 saturated heterocycles. The molecule has 4 aromatic rings. The summed E-state index contributed by atoms with van der Waals surface area (Å²) in [5.74, 6) is -0.572. The Morgan fingerprint density at radius 3 is 2.63 bits per heavy atom. The summed E-state index contributed by atoms with van der Waals surface area (Å²) >= 11 is 12.6. The molecule has 0 bridgehead atoms. The van der Waals surface area contributed by atoms with E-state index in [9.17, 15) is 9.59 Å². The largest absolute Gasteiger partial charge is 0.459 e. The first-order valence-corrected chi connectivity index (χ1v) is 10.2. The molecule has 0 unspecified atom stereocenters. The lowest BCUT2D eigenvalue weighted by atomic mass is 10.2. The van der Waals surface area contributed by atoms with Crippen molar-refractivity contribution in [3.63, 3.8) is 0 Å². The predicted octanol–water partition coefficient (Wildman–Crippen LogP) is 4.92. The molecule has 150 valence electrons. The Balaban J connectivity index is 1.43. The fourth-order valence-electron chi connectivity index (χ4n) is 2.60. The molecule has 0 fully saturated rings. The first-order valence-electron chi connectivity index (χ1n) is 8.62. The van der Waals surface area contributed by atoms with Crippen LogP contribution >= 0.6 is 35.2 Å². The molecular formula is C20H13ClN4O3S2. The molecule has 0 aliphatic heterocycles. The van der Waals surface area contributed by atoms with Crippen LogP contribution in [-0.2, 0) is 0 Å². The van der Waals surface area contributed by atoms with E-state index in [1.807, 2.05) is 6.07 Å². The minimum absolute atomic E-state index is 0.134. The summed E-state index contributed by atoms with van der Waals surface area (Å²) in [6, 6.07) is 15.3. The van der Waals surface area contributed by atoms with Crippen LogP contribution in [0.3, 0.4) is 0 Å². The van der Waals surface area contributed by atoms with Crippen LogP contribution in [0.1, 0.15) is 20.9 Å². The number of carbonyl (C=O) groups excluding carboxylic acids is 2. The van der Waals surface area contributed by atoms with Crippen molar-refractivity contribution in [2.75, 3.05) is 10.6 Å². The summed E-state index contributed by atoms with van der Waals surface area (Å²) in [6.07, 6.45) is 1.43. The van der Waals surface area contributed by atoms with Crippen LogP contribution in [0.15, 0.2) is 65.3 Å². The van der Waals surface area contributed by atoms with E-state index in [-0.39, 0.29) is 16.8 Å². The van der Waals surface area contributed by atoms with Crippen molar-refractivity contribution in [1.29, 1.82) is 0 Å². The fraction of sp³-hybridized carbons (Fsp3) is 0. The second-order valence-corrected chi connectivity index (χ2v) is 7.87. The molecule has 0 radical (unpaired) electrons. The molecule has 2 aromatic heterocycles. The van der Waals surface area contributed by atoms with Gasteiger partial charge in [-0.2, -0.15) is 0 Å². The summed E-state index contributed by atoms with van der Waals surface area (Å²) < 4.78 is 5.90. The number of nitrogens with zero attached hydrogens (tertiary/aromatic N) is 1. The van der Waals surface area contributed by atoms with Crippen molar-refractivity contribution >= 4 is 73.1 Å². The summed E-state index contributed by atoms with van der Waals surface area (Å²) in [5, 5.41) is 9.18. The maximum atomic E-state index is 12.3. The Hall–Kier alpha value is -3.27. The number of hydrogen-bond acceptors (Lipinski definition) is 6. The van der Waals surface area contributed by atoms with Crippen molar-refractivity contribution < 1.29 is 14.0 Å². The van der Waals surface area contributed by atoms with Crippen LogP contribution < -0.4 is 16.0 Å². The number of amides is 2. The van der Waals surface area contributed by atoms with Gasteiger partial charge in [0.2, 0.25) is 0 Å². The second-order valence-electron chi connectivity index (χ2n) is 6.02. The third-order valence-electron chi connectivity index (χ3n) is 3.96. The SMILES string of the molecule is O=C(Nc1nc2ccc(NC(=S)NC(=O)c3ccccc3Cl)cc2s1)c1ccco1. The molecule has 3 N–H and O–H groups in total. The number of anilines is 2. The van der Waals surface area contributed by atoms with E-state index >= 15 is 0 Å². The van der Waals surface area contributed by atoms with Crippen LogP contribution in [0.5, 0.6) is 0 Å². The molecule has 0 aliphatic carbocycles. The van der Waals surface area contributed by atoms with E-state index in [1.54, 1.807) is 48.5 Å². The molecular weight excluding hydrogens is 444 g/mol. The minimum atomic E-state index is -0.403. The number of thiazole rings is 1. The smallest absolute Gasteiger partial charge is 0.293 e. The van der Waals surface area contributed by atoms with Gasteiger partial charge in [0.15, 0.2) is 16.0 Å². The average molecular weight is 457 g/mol. The summed E-state index contributed by atoms with van der Waals surface area (Å²) in [7, 11) is 0. The molecule has 0 saturated carbocycles. The number of nitrogens with one attached hydrogen (secondary N) is 3. The van der Waals surface area contributed by atoms with Crippen molar-refractivity contribution in [3.05, 3.63) is 77.2 Å². The molecule has 2 amide bonds. The van der Waals surface area contributed by atoms with Gasteiger partial charge in [-0.3, -0.25) is 20.2 Å². The van der Waals surface area contributed by atoms with Gasteiger partial charge in [-0.05, 0) is 54.7 Å². The van der Waals surface area contributed by atoms with Crippen LogP contribution in [0.2, 0.25) is 5.02 Å². The number of rotatable bonds is 4.